The second-order valence-electron chi connectivity index (χ2n) is 3.28. The summed E-state index contributed by atoms with van der Waals surface area (Å²) in [5.74, 6) is 1.80. The molecule has 6 heteroatoms. The molecule has 0 bridgehead atoms. The number of nitrogens with one attached hydrogen (secondary N) is 1. The van der Waals surface area contributed by atoms with E-state index >= 15 is 0 Å². The van der Waals surface area contributed by atoms with Crippen molar-refractivity contribution in [2.45, 2.75) is 13.5 Å². The topological polar surface area (TPSA) is 89.6 Å². The van der Waals surface area contributed by atoms with E-state index in [1.807, 2.05) is 6.07 Å². The highest BCUT2D eigenvalue weighted by molar-refractivity contribution is 5.44. The van der Waals surface area contributed by atoms with Crippen LogP contribution in [-0.2, 0) is 6.54 Å². The molecule has 0 spiro atoms. The summed E-state index contributed by atoms with van der Waals surface area (Å²) in [5, 5.41) is 3.12. The fraction of sp³-hybridized carbons (Fsp3) is 0.200. The fourth-order valence-electron chi connectivity index (χ4n) is 1.29. The summed E-state index contributed by atoms with van der Waals surface area (Å²) in [6, 6.07) is 3.53. The lowest BCUT2D eigenvalue weighted by Gasteiger charge is -2.05. The second kappa shape index (κ2) is 4.52. The van der Waals surface area contributed by atoms with Crippen LogP contribution in [0, 0.1) is 6.92 Å². The van der Waals surface area contributed by atoms with Crippen molar-refractivity contribution in [3.05, 3.63) is 36.2 Å². The van der Waals surface area contributed by atoms with Gasteiger partial charge < -0.3 is 11.1 Å². The predicted molar refractivity (Wildman–Crippen MR) is 60.5 cm³/mol. The van der Waals surface area contributed by atoms with Crippen LogP contribution < -0.4 is 11.1 Å². The zero-order chi connectivity index (χ0) is 11.4. The minimum Gasteiger partial charge on any atom is -0.384 e. The lowest BCUT2D eigenvalue weighted by Crippen LogP contribution is -2.05. The first kappa shape index (κ1) is 10.3. The van der Waals surface area contributed by atoms with Gasteiger partial charge in [0.15, 0.2) is 0 Å². The zero-order valence-corrected chi connectivity index (χ0v) is 8.88. The molecule has 2 heterocycles. The van der Waals surface area contributed by atoms with E-state index < -0.39 is 0 Å². The average molecular weight is 216 g/mol. The Hall–Kier alpha value is -2.24. The molecule has 0 aliphatic heterocycles. The maximum absolute atomic E-state index is 5.61. The Balaban J connectivity index is 2.05. The molecule has 2 aromatic heterocycles. The van der Waals surface area contributed by atoms with Crippen molar-refractivity contribution in [1.82, 2.24) is 19.9 Å². The van der Waals surface area contributed by atoms with E-state index in [-0.39, 0.29) is 0 Å². The minimum atomic E-state index is 0.456. The van der Waals surface area contributed by atoms with E-state index in [1.54, 1.807) is 19.2 Å². The third-order valence-corrected chi connectivity index (χ3v) is 1.95. The maximum atomic E-state index is 5.61. The summed E-state index contributed by atoms with van der Waals surface area (Å²) in [5.41, 5.74) is 6.51. The number of nitrogen functional groups attached to an aromatic ring is 1. The van der Waals surface area contributed by atoms with Crippen LogP contribution in [0.4, 0.5) is 11.6 Å². The van der Waals surface area contributed by atoms with Crippen molar-refractivity contribution in [1.29, 1.82) is 0 Å². The SMILES string of the molecule is Cc1nc(N)cc(NCc2ccncn2)n1. The summed E-state index contributed by atoms with van der Waals surface area (Å²) in [6.45, 7) is 2.38. The van der Waals surface area contributed by atoms with Crippen LogP contribution in [0.25, 0.3) is 0 Å². The number of rotatable bonds is 3. The Bertz CT molecular complexity index is 450. The number of hydrogen-bond acceptors (Lipinski definition) is 6. The summed E-state index contributed by atoms with van der Waals surface area (Å²) in [6.07, 6.45) is 3.21. The van der Waals surface area contributed by atoms with Gasteiger partial charge in [0.05, 0.1) is 12.2 Å². The Kier molecular flexibility index (Phi) is 2.90. The van der Waals surface area contributed by atoms with Crippen molar-refractivity contribution < 1.29 is 0 Å². The number of aromatic nitrogens is 4. The van der Waals surface area contributed by atoms with E-state index in [0.29, 0.717) is 24.0 Å². The summed E-state index contributed by atoms with van der Waals surface area (Å²) >= 11 is 0. The molecular formula is C10H12N6. The molecule has 2 rings (SSSR count). The molecule has 3 N–H and O–H groups in total. The molecule has 82 valence electrons. The largest absolute Gasteiger partial charge is 0.384 e. The highest BCUT2D eigenvalue weighted by Gasteiger charge is 1.99. The van der Waals surface area contributed by atoms with E-state index in [4.69, 9.17) is 5.73 Å². The molecule has 0 aromatic carbocycles. The van der Waals surface area contributed by atoms with E-state index in [0.717, 1.165) is 5.69 Å². The summed E-state index contributed by atoms with van der Waals surface area (Å²) < 4.78 is 0. The van der Waals surface area contributed by atoms with Crippen LogP contribution in [-0.4, -0.2) is 19.9 Å². The summed E-state index contributed by atoms with van der Waals surface area (Å²) in [4.78, 5) is 16.1. The number of nitrogens with zero attached hydrogens (tertiary/aromatic N) is 4. The third kappa shape index (κ3) is 2.63. The Labute approximate surface area is 93.0 Å². The molecule has 6 nitrogen and oxygen atoms in total. The Morgan fingerprint density at radius 3 is 2.94 bits per heavy atom. The van der Waals surface area contributed by atoms with Gasteiger partial charge in [0.2, 0.25) is 0 Å². The number of nitrogens with two attached hydrogens (primary N) is 1. The highest BCUT2D eigenvalue weighted by atomic mass is 15.0. The first-order chi connectivity index (χ1) is 7.74. The molecule has 0 amide bonds. The van der Waals surface area contributed by atoms with Crippen LogP contribution in [0.3, 0.4) is 0 Å². The molecule has 2 aromatic rings. The average Bonchev–Trinajstić information content (AvgIpc) is 2.27. The number of aryl methyl sites for hydroxylation is 1. The standard InChI is InChI=1S/C10H12N6/c1-7-15-9(11)4-10(16-7)13-5-8-2-3-12-6-14-8/h2-4,6H,5H2,1H3,(H3,11,13,15,16). The van der Waals surface area contributed by atoms with Crippen molar-refractivity contribution in [2.75, 3.05) is 11.1 Å². The first-order valence-electron chi connectivity index (χ1n) is 4.84. The second-order valence-corrected chi connectivity index (χ2v) is 3.28. The van der Waals surface area contributed by atoms with E-state index in [1.165, 1.54) is 6.33 Å². The molecule has 0 aliphatic rings. The predicted octanol–water partition coefficient (Wildman–Crippen LogP) is 0.769. The van der Waals surface area contributed by atoms with Gasteiger partial charge in [-0.2, -0.15) is 0 Å². The van der Waals surface area contributed by atoms with Crippen molar-refractivity contribution in [2.24, 2.45) is 0 Å². The van der Waals surface area contributed by atoms with Crippen molar-refractivity contribution >= 4 is 11.6 Å². The van der Waals surface area contributed by atoms with Crippen LogP contribution in [0.15, 0.2) is 24.7 Å². The molecule has 0 fully saturated rings. The molecule has 16 heavy (non-hydrogen) atoms. The molecule has 0 saturated heterocycles. The van der Waals surface area contributed by atoms with Crippen LogP contribution in [0.2, 0.25) is 0 Å². The van der Waals surface area contributed by atoms with Gasteiger partial charge in [0, 0.05) is 12.3 Å². The van der Waals surface area contributed by atoms with Gasteiger partial charge >= 0.3 is 0 Å². The van der Waals surface area contributed by atoms with Crippen LogP contribution in [0.1, 0.15) is 11.5 Å². The maximum Gasteiger partial charge on any atom is 0.132 e. The van der Waals surface area contributed by atoms with Crippen molar-refractivity contribution in [3.63, 3.8) is 0 Å². The Morgan fingerprint density at radius 1 is 1.38 bits per heavy atom. The van der Waals surface area contributed by atoms with Crippen LogP contribution in [0.5, 0.6) is 0 Å². The molecule has 0 unspecified atom stereocenters. The van der Waals surface area contributed by atoms with Gasteiger partial charge in [0.25, 0.3) is 0 Å². The molecule has 0 radical (unpaired) electrons. The minimum absolute atomic E-state index is 0.456. The van der Waals surface area contributed by atoms with Gasteiger partial charge in [-0.05, 0) is 13.0 Å². The molecular weight excluding hydrogens is 204 g/mol. The normalized spacial score (nSPS) is 10.1. The highest BCUT2D eigenvalue weighted by Crippen LogP contribution is 2.08. The van der Waals surface area contributed by atoms with Crippen LogP contribution >= 0.6 is 0 Å². The van der Waals surface area contributed by atoms with E-state index in [2.05, 4.69) is 25.3 Å². The number of anilines is 2. The van der Waals surface area contributed by atoms with Gasteiger partial charge in [-0.3, -0.25) is 0 Å². The molecule has 0 aliphatic carbocycles. The zero-order valence-electron chi connectivity index (χ0n) is 8.88. The first-order valence-corrected chi connectivity index (χ1v) is 4.84. The smallest absolute Gasteiger partial charge is 0.132 e. The monoisotopic (exact) mass is 216 g/mol. The Morgan fingerprint density at radius 2 is 2.25 bits per heavy atom. The molecule has 0 saturated carbocycles. The molecule has 0 atom stereocenters. The lowest BCUT2D eigenvalue weighted by atomic mass is 10.4. The third-order valence-electron chi connectivity index (χ3n) is 1.95. The van der Waals surface area contributed by atoms with Gasteiger partial charge in [-0.15, -0.1) is 0 Å². The van der Waals surface area contributed by atoms with Gasteiger partial charge in [-0.1, -0.05) is 0 Å². The van der Waals surface area contributed by atoms with Crippen molar-refractivity contribution in [3.8, 4) is 0 Å². The summed E-state index contributed by atoms with van der Waals surface area (Å²) in [7, 11) is 0. The quantitative estimate of drug-likeness (QED) is 0.787. The van der Waals surface area contributed by atoms with Gasteiger partial charge in [-0.25, -0.2) is 19.9 Å². The number of hydrogen-bond donors (Lipinski definition) is 2. The lowest BCUT2D eigenvalue weighted by molar-refractivity contribution is 0.979. The van der Waals surface area contributed by atoms with E-state index in [9.17, 15) is 0 Å². The fourth-order valence-corrected chi connectivity index (χ4v) is 1.29. The van der Waals surface area contributed by atoms with Gasteiger partial charge in [0.1, 0.15) is 23.8 Å².